The molecule has 23 heavy (non-hydrogen) atoms. The fraction of sp³-hybridized carbons (Fsp3) is 0.471. The topological polar surface area (TPSA) is 68.2 Å². The lowest BCUT2D eigenvalue weighted by Crippen LogP contribution is -2.50. The highest BCUT2D eigenvalue weighted by atomic mass is 16.7. The van der Waals surface area contributed by atoms with Gasteiger partial charge >= 0.3 is 5.97 Å². The molecule has 120 valence electrons. The summed E-state index contributed by atoms with van der Waals surface area (Å²) >= 11 is 0. The average molecular weight is 315 g/mol. The normalized spacial score (nSPS) is 34.3. The molecule has 6 heteroatoms. The predicted molar refractivity (Wildman–Crippen MR) is 79.6 cm³/mol. The number of likely N-dealkylation sites (N-methyl/N-ethyl adjacent to an activating group) is 1. The Morgan fingerprint density at radius 1 is 1.26 bits per heavy atom. The number of carbonyl (C=O) groups is 1. The van der Waals surface area contributed by atoms with Crippen molar-refractivity contribution in [1.29, 1.82) is 0 Å². The second-order valence-electron chi connectivity index (χ2n) is 6.60. The van der Waals surface area contributed by atoms with Crippen molar-refractivity contribution in [2.24, 2.45) is 0 Å². The largest absolute Gasteiger partial charge is 0.455 e. The summed E-state index contributed by atoms with van der Waals surface area (Å²) < 4.78 is 16.4. The standard InChI is InChI=1S/C17H17NO5/c1-18-3-2-8-4-11(19)16-14(15(8)18)9-5-12-13(22-7-21-12)6-10(9)17(20)23-16/h4-6,11,14-16,19H,2-3,7H2,1H3/t11-,14+,15+,16-/m1/s1. The van der Waals surface area contributed by atoms with E-state index in [9.17, 15) is 9.90 Å². The third-order valence-corrected chi connectivity index (χ3v) is 5.39. The third-order valence-electron chi connectivity index (χ3n) is 5.39. The van der Waals surface area contributed by atoms with E-state index in [2.05, 4.69) is 11.9 Å². The SMILES string of the molecule is CN1CCC2=C[C@@H](O)[C@H]3OC(=O)c4cc5c(cc4[C@H]3[C@H]21)OCO5. The molecule has 0 unspecified atom stereocenters. The molecule has 3 heterocycles. The second kappa shape index (κ2) is 4.49. The van der Waals surface area contributed by atoms with Crippen LogP contribution >= 0.6 is 0 Å². The van der Waals surface area contributed by atoms with Gasteiger partial charge in [-0.2, -0.15) is 0 Å². The fourth-order valence-corrected chi connectivity index (χ4v) is 4.36. The first-order valence-corrected chi connectivity index (χ1v) is 7.87. The number of ether oxygens (including phenoxy) is 3. The quantitative estimate of drug-likeness (QED) is 0.570. The van der Waals surface area contributed by atoms with Crippen molar-refractivity contribution in [3.8, 4) is 11.5 Å². The van der Waals surface area contributed by atoms with Crippen molar-refractivity contribution in [3.63, 3.8) is 0 Å². The van der Waals surface area contributed by atoms with Gasteiger partial charge in [-0.15, -0.1) is 0 Å². The lowest BCUT2D eigenvalue weighted by molar-refractivity contribution is -0.0336. The fourth-order valence-electron chi connectivity index (χ4n) is 4.36. The smallest absolute Gasteiger partial charge is 0.338 e. The van der Waals surface area contributed by atoms with Crippen LogP contribution in [0.2, 0.25) is 0 Å². The van der Waals surface area contributed by atoms with Crippen LogP contribution in [0.5, 0.6) is 11.5 Å². The Kier molecular flexibility index (Phi) is 2.61. The molecule has 0 aromatic heterocycles. The first kappa shape index (κ1) is 13.4. The minimum atomic E-state index is -0.764. The van der Waals surface area contributed by atoms with Gasteiger partial charge < -0.3 is 19.3 Å². The second-order valence-corrected chi connectivity index (χ2v) is 6.60. The highest BCUT2D eigenvalue weighted by Crippen LogP contribution is 2.48. The molecular formula is C17H17NO5. The maximum absolute atomic E-state index is 12.4. The highest BCUT2D eigenvalue weighted by molar-refractivity contribution is 5.94. The van der Waals surface area contributed by atoms with E-state index in [0.29, 0.717) is 17.1 Å². The zero-order chi connectivity index (χ0) is 15.7. The van der Waals surface area contributed by atoms with Crippen LogP contribution in [0, 0.1) is 0 Å². The van der Waals surface area contributed by atoms with Crippen LogP contribution in [0.3, 0.4) is 0 Å². The van der Waals surface area contributed by atoms with Crippen LogP contribution in [0.4, 0.5) is 0 Å². The van der Waals surface area contributed by atoms with Gasteiger partial charge in [0.2, 0.25) is 6.79 Å². The Hall–Kier alpha value is -2.05. The summed E-state index contributed by atoms with van der Waals surface area (Å²) in [6, 6.07) is 3.74. The summed E-state index contributed by atoms with van der Waals surface area (Å²) in [5.41, 5.74) is 2.63. The van der Waals surface area contributed by atoms with Crippen LogP contribution in [0.25, 0.3) is 0 Å². The molecule has 1 fully saturated rings. The van der Waals surface area contributed by atoms with E-state index in [0.717, 1.165) is 18.5 Å². The van der Waals surface area contributed by atoms with Gasteiger partial charge in [0.1, 0.15) is 12.2 Å². The average Bonchev–Trinajstić information content (AvgIpc) is 3.13. The number of benzene rings is 1. The summed E-state index contributed by atoms with van der Waals surface area (Å²) in [4.78, 5) is 14.7. The number of likely N-dealkylation sites (tertiary alicyclic amines) is 1. The maximum atomic E-state index is 12.4. The molecule has 1 N–H and O–H groups in total. The molecule has 0 bridgehead atoms. The molecule has 0 amide bonds. The predicted octanol–water partition coefficient (Wildman–Crippen LogP) is 1.04. The number of fused-ring (bicyclic) bond motifs is 6. The Morgan fingerprint density at radius 2 is 2.04 bits per heavy atom. The Balaban J connectivity index is 1.70. The van der Waals surface area contributed by atoms with E-state index in [1.807, 2.05) is 12.1 Å². The number of carbonyl (C=O) groups excluding carboxylic acids is 1. The highest BCUT2D eigenvalue weighted by Gasteiger charge is 2.50. The molecule has 0 spiro atoms. The van der Waals surface area contributed by atoms with Crippen LogP contribution in [0.15, 0.2) is 23.8 Å². The number of aliphatic hydroxyl groups excluding tert-OH is 1. The lowest BCUT2D eigenvalue weighted by atomic mass is 9.74. The number of hydrogen-bond acceptors (Lipinski definition) is 6. The summed E-state index contributed by atoms with van der Waals surface area (Å²) in [6.07, 6.45) is 1.49. The molecule has 0 saturated carbocycles. The van der Waals surface area contributed by atoms with Crippen molar-refractivity contribution < 1.29 is 24.1 Å². The van der Waals surface area contributed by atoms with Gasteiger partial charge in [0.25, 0.3) is 0 Å². The minimum absolute atomic E-state index is 0.0836. The van der Waals surface area contributed by atoms with E-state index >= 15 is 0 Å². The number of hydrogen-bond donors (Lipinski definition) is 1. The van der Waals surface area contributed by atoms with Crippen molar-refractivity contribution in [1.82, 2.24) is 4.90 Å². The van der Waals surface area contributed by atoms with Gasteiger partial charge in [0.15, 0.2) is 11.5 Å². The molecule has 4 atom stereocenters. The minimum Gasteiger partial charge on any atom is -0.455 e. The van der Waals surface area contributed by atoms with Crippen molar-refractivity contribution in [2.45, 2.75) is 30.6 Å². The van der Waals surface area contributed by atoms with Crippen molar-refractivity contribution in [2.75, 3.05) is 20.4 Å². The molecule has 5 rings (SSSR count). The molecule has 3 aliphatic heterocycles. The van der Waals surface area contributed by atoms with E-state index in [1.54, 1.807) is 6.07 Å². The zero-order valence-corrected chi connectivity index (χ0v) is 12.7. The monoisotopic (exact) mass is 315 g/mol. The number of rotatable bonds is 0. The van der Waals surface area contributed by atoms with Crippen LogP contribution < -0.4 is 9.47 Å². The summed E-state index contributed by atoms with van der Waals surface area (Å²) in [5.74, 6) is 0.741. The van der Waals surface area contributed by atoms with Gasteiger partial charge in [-0.25, -0.2) is 4.79 Å². The summed E-state index contributed by atoms with van der Waals surface area (Å²) in [5, 5.41) is 10.4. The van der Waals surface area contributed by atoms with Crippen molar-refractivity contribution >= 4 is 5.97 Å². The summed E-state index contributed by atoms with van der Waals surface area (Å²) in [7, 11) is 2.07. The Labute approximate surface area is 133 Å². The molecule has 6 nitrogen and oxygen atoms in total. The third kappa shape index (κ3) is 1.73. The molecule has 1 aliphatic carbocycles. The molecular weight excluding hydrogens is 298 g/mol. The van der Waals surface area contributed by atoms with Crippen LogP contribution in [0.1, 0.15) is 28.3 Å². The molecule has 0 radical (unpaired) electrons. The zero-order valence-electron chi connectivity index (χ0n) is 12.7. The first-order chi connectivity index (χ1) is 11.1. The number of nitrogens with zero attached hydrogens (tertiary/aromatic N) is 1. The van der Waals surface area contributed by atoms with E-state index < -0.39 is 18.2 Å². The van der Waals surface area contributed by atoms with E-state index in [1.165, 1.54) is 5.57 Å². The number of esters is 1. The molecule has 1 aromatic rings. The number of aliphatic hydroxyl groups is 1. The molecule has 4 aliphatic rings. The summed E-state index contributed by atoms with van der Waals surface area (Å²) in [6.45, 7) is 1.11. The Bertz CT molecular complexity index is 743. The van der Waals surface area contributed by atoms with Crippen LogP contribution in [-0.4, -0.2) is 54.6 Å². The van der Waals surface area contributed by atoms with Gasteiger partial charge in [-0.05, 0) is 31.2 Å². The Morgan fingerprint density at radius 3 is 2.87 bits per heavy atom. The molecule has 1 saturated heterocycles. The maximum Gasteiger partial charge on any atom is 0.338 e. The van der Waals surface area contributed by atoms with Gasteiger partial charge in [-0.1, -0.05) is 11.6 Å². The van der Waals surface area contributed by atoms with Gasteiger partial charge in [0, 0.05) is 18.5 Å². The van der Waals surface area contributed by atoms with Gasteiger partial charge in [-0.3, -0.25) is 4.90 Å². The van der Waals surface area contributed by atoms with E-state index in [-0.39, 0.29) is 18.8 Å². The first-order valence-electron chi connectivity index (χ1n) is 7.87. The van der Waals surface area contributed by atoms with Crippen LogP contribution in [-0.2, 0) is 4.74 Å². The lowest BCUT2D eigenvalue weighted by Gasteiger charge is -2.43. The van der Waals surface area contributed by atoms with Gasteiger partial charge in [0.05, 0.1) is 5.56 Å². The molecule has 1 aromatic carbocycles. The van der Waals surface area contributed by atoms with E-state index in [4.69, 9.17) is 14.2 Å². The van der Waals surface area contributed by atoms with Crippen molar-refractivity contribution in [3.05, 3.63) is 34.9 Å².